The van der Waals surface area contributed by atoms with Crippen molar-refractivity contribution in [3.8, 4) is 0 Å². The summed E-state index contributed by atoms with van der Waals surface area (Å²) in [6.07, 6.45) is 0. The lowest BCUT2D eigenvalue weighted by Gasteiger charge is -2.15. The zero-order valence-corrected chi connectivity index (χ0v) is 8.60. The van der Waals surface area contributed by atoms with Gasteiger partial charge < -0.3 is 5.32 Å². The molecular weight excluding hydrogens is 204 g/mol. The lowest BCUT2D eigenvalue weighted by Crippen LogP contribution is -2.31. The van der Waals surface area contributed by atoms with E-state index in [1.807, 2.05) is 0 Å². The molecule has 1 heterocycles. The lowest BCUT2D eigenvalue weighted by molar-refractivity contribution is -0.120. The molecule has 4 nitrogen and oxygen atoms in total. The number of amides is 1. The maximum Gasteiger partial charge on any atom is 0.239 e. The van der Waals surface area contributed by atoms with E-state index in [0.717, 1.165) is 0 Å². The fraction of sp³-hybridized carbons (Fsp3) is 0.222. The lowest BCUT2D eigenvalue weighted by atomic mass is 10.1. The molecule has 1 aliphatic rings. The minimum Gasteiger partial charge on any atom is -0.323 e. The summed E-state index contributed by atoms with van der Waals surface area (Å²) in [7, 11) is 0. The summed E-state index contributed by atoms with van der Waals surface area (Å²) in [5, 5.41) is 2.23. The maximum absolute atomic E-state index is 11.4. The third-order valence-corrected chi connectivity index (χ3v) is 2.01. The van der Waals surface area contributed by atoms with Gasteiger partial charge in [-0.15, -0.1) is 0 Å². The quantitative estimate of drug-likeness (QED) is 0.709. The van der Waals surface area contributed by atoms with Gasteiger partial charge in [-0.05, 0) is 6.92 Å². The van der Waals surface area contributed by atoms with Gasteiger partial charge >= 0.3 is 0 Å². The normalized spacial score (nSPS) is 16.9. The standard InChI is InChI=1S/C9H9ClN2O2/c1-4-5(2)11-9(10)8(14)7(4)12-6(3)13/h2H2,1,3H3,(H,12,13). The second-order valence-electron chi connectivity index (χ2n) is 2.86. The molecule has 5 heteroatoms. The van der Waals surface area contributed by atoms with E-state index in [1.165, 1.54) is 6.92 Å². The van der Waals surface area contributed by atoms with Crippen molar-refractivity contribution in [1.82, 2.24) is 5.32 Å². The van der Waals surface area contributed by atoms with Crippen LogP contribution in [0.15, 0.2) is 28.5 Å². The Balaban J connectivity index is 3.12. The van der Waals surface area contributed by atoms with Gasteiger partial charge in [0.1, 0.15) is 0 Å². The van der Waals surface area contributed by atoms with Crippen molar-refractivity contribution in [2.75, 3.05) is 0 Å². The molecule has 0 radical (unpaired) electrons. The molecule has 0 bridgehead atoms. The molecule has 1 aliphatic heterocycles. The van der Waals surface area contributed by atoms with Crippen molar-refractivity contribution in [1.29, 1.82) is 0 Å². The van der Waals surface area contributed by atoms with Crippen LogP contribution < -0.4 is 5.32 Å². The number of allylic oxidation sites excluding steroid dienone is 2. The van der Waals surface area contributed by atoms with E-state index in [4.69, 9.17) is 11.6 Å². The highest BCUT2D eigenvalue weighted by Gasteiger charge is 2.24. The van der Waals surface area contributed by atoms with Crippen LogP contribution in [0.2, 0.25) is 0 Å². The van der Waals surface area contributed by atoms with E-state index < -0.39 is 5.78 Å². The minimum absolute atomic E-state index is 0.155. The molecule has 0 aromatic rings. The summed E-state index contributed by atoms with van der Waals surface area (Å²) in [5.41, 5.74) is 1.08. The molecular formula is C9H9ClN2O2. The number of nitrogens with one attached hydrogen (secondary N) is 1. The maximum atomic E-state index is 11.4. The monoisotopic (exact) mass is 212 g/mol. The van der Waals surface area contributed by atoms with Gasteiger partial charge in [-0.3, -0.25) is 9.59 Å². The van der Waals surface area contributed by atoms with Crippen LogP contribution in [0.5, 0.6) is 0 Å². The molecule has 0 atom stereocenters. The first-order valence-electron chi connectivity index (χ1n) is 3.90. The Morgan fingerprint density at radius 3 is 2.64 bits per heavy atom. The second-order valence-corrected chi connectivity index (χ2v) is 3.22. The molecule has 0 aliphatic carbocycles. The SMILES string of the molecule is C=C1N=C(Cl)C(=O)C(NC(C)=O)=C1C. The summed E-state index contributed by atoms with van der Waals surface area (Å²) < 4.78 is 0. The van der Waals surface area contributed by atoms with Gasteiger partial charge in [-0.2, -0.15) is 0 Å². The predicted octanol–water partition coefficient (Wildman–Crippen LogP) is 1.13. The molecule has 74 valence electrons. The van der Waals surface area contributed by atoms with Crippen LogP contribution in [0.3, 0.4) is 0 Å². The number of hydrogen-bond acceptors (Lipinski definition) is 3. The van der Waals surface area contributed by atoms with Crippen LogP contribution in [0.1, 0.15) is 13.8 Å². The number of carbonyl (C=O) groups excluding carboxylic acids is 2. The topological polar surface area (TPSA) is 58.5 Å². The van der Waals surface area contributed by atoms with Crippen molar-refractivity contribution >= 4 is 28.5 Å². The van der Waals surface area contributed by atoms with E-state index in [-0.39, 0.29) is 16.8 Å². The third kappa shape index (κ3) is 1.90. The van der Waals surface area contributed by atoms with Crippen LogP contribution in [0.4, 0.5) is 0 Å². The summed E-state index contributed by atoms with van der Waals surface area (Å²) in [6.45, 7) is 6.57. The molecule has 1 rings (SSSR count). The third-order valence-electron chi connectivity index (χ3n) is 1.76. The van der Waals surface area contributed by atoms with E-state index in [1.54, 1.807) is 6.92 Å². The van der Waals surface area contributed by atoms with Crippen molar-refractivity contribution in [3.63, 3.8) is 0 Å². The fourth-order valence-electron chi connectivity index (χ4n) is 0.997. The molecule has 0 saturated carbocycles. The van der Waals surface area contributed by atoms with Crippen LogP contribution in [-0.2, 0) is 9.59 Å². The Hall–Kier alpha value is -1.42. The van der Waals surface area contributed by atoms with Crippen molar-refractivity contribution in [3.05, 3.63) is 23.5 Å². The number of rotatable bonds is 1. The van der Waals surface area contributed by atoms with Gasteiger partial charge in [-0.1, -0.05) is 18.2 Å². The van der Waals surface area contributed by atoms with Gasteiger partial charge in [0.2, 0.25) is 11.7 Å². The number of carbonyl (C=O) groups is 2. The first-order valence-corrected chi connectivity index (χ1v) is 4.28. The van der Waals surface area contributed by atoms with Crippen LogP contribution in [0, 0.1) is 0 Å². The average molecular weight is 213 g/mol. The zero-order valence-electron chi connectivity index (χ0n) is 7.85. The van der Waals surface area contributed by atoms with Gasteiger partial charge in [-0.25, -0.2) is 4.99 Å². The van der Waals surface area contributed by atoms with Gasteiger partial charge in [0.25, 0.3) is 0 Å². The van der Waals surface area contributed by atoms with Gasteiger partial charge in [0, 0.05) is 12.5 Å². The molecule has 0 spiro atoms. The molecule has 0 aromatic heterocycles. The molecule has 14 heavy (non-hydrogen) atoms. The van der Waals surface area contributed by atoms with E-state index in [9.17, 15) is 9.59 Å². The highest BCUT2D eigenvalue weighted by Crippen LogP contribution is 2.20. The zero-order chi connectivity index (χ0) is 10.9. The Labute approximate surface area is 86.3 Å². The van der Waals surface area contributed by atoms with Crippen molar-refractivity contribution in [2.24, 2.45) is 4.99 Å². The summed E-state index contributed by atoms with van der Waals surface area (Å²) in [5.74, 6) is -0.807. The number of Topliss-reactive ketones (excluding diaryl/α,β-unsaturated/α-hetero) is 1. The van der Waals surface area contributed by atoms with Gasteiger partial charge in [0.05, 0.1) is 11.4 Å². The smallest absolute Gasteiger partial charge is 0.239 e. The molecule has 1 amide bonds. The van der Waals surface area contributed by atoms with Crippen molar-refractivity contribution in [2.45, 2.75) is 13.8 Å². The van der Waals surface area contributed by atoms with E-state index in [0.29, 0.717) is 11.3 Å². The molecule has 0 saturated heterocycles. The van der Waals surface area contributed by atoms with Gasteiger partial charge in [0.15, 0.2) is 5.17 Å². The number of halogens is 1. The molecule has 1 N–H and O–H groups in total. The number of hydrogen-bond donors (Lipinski definition) is 1. The number of nitrogens with zero attached hydrogens (tertiary/aromatic N) is 1. The molecule has 0 unspecified atom stereocenters. The second kappa shape index (κ2) is 3.75. The highest BCUT2D eigenvalue weighted by atomic mass is 35.5. The van der Waals surface area contributed by atoms with Crippen LogP contribution in [-0.4, -0.2) is 16.9 Å². The molecule has 0 fully saturated rings. The van der Waals surface area contributed by atoms with Crippen molar-refractivity contribution < 1.29 is 9.59 Å². The van der Waals surface area contributed by atoms with E-state index in [2.05, 4.69) is 16.9 Å². The summed E-state index contributed by atoms with van der Waals surface area (Å²) in [4.78, 5) is 26.0. The Bertz CT molecular complexity index is 394. The summed E-state index contributed by atoms with van der Waals surface area (Å²) >= 11 is 5.56. The fourth-order valence-corrected chi connectivity index (χ4v) is 1.19. The Morgan fingerprint density at radius 1 is 1.57 bits per heavy atom. The van der Waals surface area contributed by atoms with Crippen LogP contribution in [0.25, 0.3) is 0 Å². The first kappa shape index (κ1) is 10.7. The van der Waals surface area contributed by atoms with E-state index >= 15 is 0 Å². The minimum atomic E-state index is -0.480. The Morgan fingerprint density at radius 2 is 2.14 bits per heavy atom. The largest absolute Gasteiger partial charge is 0.323 e. The molecule has 0 aromatic carbocycles. The average Bonchev–Trinajstić information content (AvgIpc) is 2.09. The highest BCUT2D eigenvalue weighted by molar-refractivity contribution is 6.85. The number of ketones is 1. The predicted molar refractivity (Wildman–Crippen MR) is 54.0 cm³/mol. The number of aliphatic imine (C=N–C) groups is 1. The summed E-state index contributed by atoms with van der Waals surface area (Å²) in [6, 6.07) is 0. The Kier molecular flexibility index (Phi) is 2.86. The number of dihydropyridines is 1. The first-order chi connectivity index (χ1) is 6.43. The van der Waals surface area contributed by atoms with Crippen LogP contribution >= 0.6 is 11.6 Å².